The molecule has 1 aliphatic rings. The highest BCUT2D eigenvalue weighted by molar-refractivity contribution is 5.68. The molecule has 0 unspecified atom stereocenters. The first-order valence-electron chi connectivity index (χ1n) is 6.95. The number of aliphatic hydroxyl groups is 1. The Hall–Kier alpha value is -1.56. The maximum Gasteiger partial charge on any atom is 0.410 e. The molecule has 1 aliphatic heterocycles. The van der Waals surface area contributed by atoms with E-state index in [0.717, 1.165) is 0 Å². The van der Waals surface area contributed by atoms with Crippen LogP contribution >= 0.6 is 0 Å². The summed E-state index contributed by atoms with van der Waals surface area (Å²) < 4.78 is 7.06. The number of ether oxygens (including phenoxy) is 1. The number of carbonyl (C=O) groups excluding carboxylic acids is 1. The maximum atomic E-state index is 11.9. The van der Waals surface area contributed by atoms with Gasteiger partial charge >= 0.3 is 6.09 Å². The molecule has 1 saturated heterocycles. The number of aromatic nitrogens is 2. The average molecular weight is 281 g/mol. The molecule has 1 aromatic rings. The first kappa shape index (κ1) is 14.8. The van der Waals surface area contributed by atoms with Gasteiger partial charge in [0.1, 0.15) is 5.60 Å². The Balaban J connectivity index is 1.87. The lowest BCUT2D eigenvalue weighted by atomic mass is 9.91. The minimum Gasteiger partial charge on any atom is -0.444 e. The fourth-order valence-electron chi connectivity index (χ4n) is 2.29. The van der Waals surface area contributed by atoms with Crippen LogP contribution in [0.5, 0.6) is 0 Å². The number of piperidine rings is 1. The minimum atomic E-state index is -0.801. The van der Waals surface area contributed by atoms with Crippen molar-refractivity contribution < 1.29 is 14.6 Å². The zero-order valence-corrected chi connectivity index (χ0v) is 12.4. The Morgan fingerprint density at radius 1 is 1.40 bits per heavy atom. The quantitative estimate of drug-likeness (QED) is 0.895. The van der Waals surface area contributed by atoms with Gasteiger partial charge in [0, 0.05) is 25.5 Å². The van der Waals surface area contributed by atoms with Gasteiger partial charge in [-0.2, -0.15) is 5.10 Å². The minimum absolute atomic E-state index is 0.307. The first-order chi connectivity index (χ1) is 9.27. The largest absolute Gasteiger partial charge is 0.444 e. The summed E-state index contributed by atoms with van der Waals surface area (Å²) in [4.78, 5) is 13.6. The molecule has 2 heterocycles. The van der Waals surface area contributed by atoms with Crippen LogP contribution in [0.25, 0.3) is 0 Å². The van der Waals surface area contributed by atoms with Crippen molar-refractivity contribution in [3.63, 3.8) is 0 Å². The van der Waals surface area contributed by atoms with Gasteiger partial charge in [-0.3, -0.25) is 4.68 Å². The summed E-state index contributed by atoms with van der Waals surface area (Å²) in [6, 6.07) is 1.83. The summed E-state index contributed by atoms with van der Waals surface area (Å²) in [5.74, 6) is 0. The fourth-order valence-corrected chi connectivity index (χ4v) is 2.29. The van der Waals surface area contributed by atoms with Crippen molar-refractivity contribution >= 4 is 6.09 Å². The lowest BCUT2D eigenvalue weighted by Crippen LogP contribution is -2.49. The highest BCUT2D eigenvalue weighted by atomic mass is 16.6. The lowest BCUT2D eigenvalue weighted by Gasteiger charge is -2.38. The number of carbonyl (C=O) groups is 1. The topological polar surface area (TPSA) is 67.6 Å². The normalized spacial score (nSPS) is 18.9. The fraction of sp³-hybridized carbons (Fsp3) is 0.714. The third-order valence-electron chi connectivity index (χ3n) is 3.36. The molecule has 1 amide bonds. The Morgan fingerprint density at radius 3 is 2.55 bits per heavy atom. The van der Waals surface area contributed by atoms with Gasteiger partial charge in [-0.25, -0.2) is 4.79 Å². The second kappa shape index (κ2) is 5.44. The molecular weight excluding hydrogens is 258 g/mol. The summed E-state index contributed by atoms with van der Waals surface area (Å²) >= 11 is 0. The van der Waals surface area contributed by atoms with Crippen molar-refractivity contribution in [2.45, 2.75) is 51.4 Å². The zero-order chi connectivity index (χ0) is 14.8. The van der Waals surface area contributed by atoms with Gasteiger partial charge in [0.25, 0.3) is 0 Å². The average Bonchev–Trinajstić information content (AvgIpc) is 2.79. The smallest absolute Gasteiger partial charge is 0.410 e. The molecule has 6 heteroatoms. The summed E-state index contributed by atoms with van der Waals surface area (Å²) in [5.41, 5.74) is -1.29. The van der Waals surface area contributed by atoms with Gasteiger partial charge in [-0.05, 0) is 39.7 Å². The molecule has 1 aromatic heterocycles. The number of likely N-dealkylation sites (tertiary alicyclic amines) is 1. The van der Waals surface area contributed by atoms with Crippen molar-refractivity contribution in [1.29, 1.82) is 0 Å². The number of nitrogens with zero attached hydrogens (tertiary/aromatic N) is 3. The van der Waals surface area contributed by atoms with Crippen LogP contribution in [0.1, 0.15) is 33.6 Å². The van der Waals surface area contributed by atoms with Gasteiger partial charge in [-0.15, -0.1) is 0 Å². The van der Waals surface area contributed by atoms with Gasteiger partial charge in [0.05, 0.1) is 12.1 Å². The third-order valence-corrected chi connectivity index (χ3v) is 3.36. The third kappa shape index (κ3) is 3.96. The van der Waals surface area contributed by atoms with Crippen molar-refractivity contribution in [2.75, 3.05) is 13.1 Å². The lowest BCUT2D eigenvalue weighted by molar-refractivity contribution is -0.0431. The SMILES string of the molecule is CC(C)(C)OC(=O)N1CCC(O)(Cn2cccn2)CC1. The van der Waals surface area contributed by atoms with Crippen LogP contribution in [-0.2, 0) is 11.3 Å². The molecule has 0 aliphatic carbocycles. The Morgan fingerprint density at radius 2 is 2.05 bits per heavy atom. The summed E-state index contributed by atoms with van der Waals surface area (Å²) in [5, 5.41) is 14.6. The van der Waals surface area contributed by atoms with E-state index in [2.05, 4.69) is 5.10 Å². The summed E-state index contributed by atoms with van der Waals surface area (Å²) in [6.45, 7) is 7.02. The van der Waals surface area contributed by atoms with Gasteiger partial charge in [0.15, 0.2) is 0 Å². The maximum absolute atomic E-state index is 11.9. The molecule has 0 aromatic carbocycles. The molecule has 2 rings (SSSR count). The molecule has 1 fully saturated rings. The Bertz CT molecular complexity index is 443. The second-order valence-corrected chi connectivity index (χ2v) is 6.40. The number of hydrogen-bond donors (Lipinski definition) is 1. The molecule has 6 nitrogen and oxygen atoms in total. The van der Waals surface area contributed by atoms with E-state index in [-0.39, 0.29) is 6.09 Å². The number of rotatable bonds is 2. The van der Waals surface area contributed by atoms with E-state index < -0.39 is 11.2 Å². The zero-order valence-electron chi connectivity index (χ0n) is 12.4. The van der Waals surface area contributed by atoms with Crippen LogP contribution < -0.4 is 0 Å². The highest BCUT2D eigenvalue weighted by Gasteiger charge is 2.35. The van der Waals surface area contributed by atoms with Crippen molar-refractivity contribution in [3.05, 3.63) is 18.5 Å². The molecular formula is C14H23N3O3. The predicted molar refractivity (Wildman–Crippen MR) is 74.2 cm³/mol. The van der Waals surface area contributed by atoms with E-state index in [1.807, 2.05) is 33.0 Å². The van der Waals surface area contributed by atoms with Crippen LogP contribution in [0, 0.1) is 0 Å². The molecule has 0 atom stereocenters. The van der Waals surface area contributed by atoms with Crippen LogP contribution in [0.2, 0.25) is 0 Å². The molecule has 0 saturated carbocycles. The Kier molecular flexibility index (Phi) is 4.04. The Labute approximate surface area is 119 Å². The van der Waals surface area contributed by atoms with Crippen molar-refractivity contribution in [1.82, 2.24) is 14.7 Å². The molecule has 0 radical (unpaired) electrons. The number of hydrogen-bond acceptors (Lipinski definition) is 4. The van der Waals surface area contributed by atoms with Crippen LogP contribution in [0.3, 0.4) is 0 Å². The van der Waals surface area contributed by atoms with Crippen molar-refractivity contribution in [3.8, 4) is 0 Å². The summed E-state index contributed by atoms with van der Waals surface area (Å²) in [6.07, 6.45) is 4.29. The van der Waals surface area contributed by atoms with Crippen LogP contribution in [-0.4, -0.2) is 50.2 Å². The van der Waals surface area contributed by atoms with E-state index in [9.17, 15) is 9.90 Å². The summed E-state index contributed by atoms with van der Waals surface area (Å²) in [7, 11) is 0. The molecule has 0 spiro atoms. The second-order valence-electron chi connectivity index (χ2n) is 6.40. The predicted octanol–water partition coefficient (Wildman–Crippen LogP) is 1.65. The monoisotopic (exact) mass is 281 g/mol. The van der Waals surface area contributed by atoms with Gasteiger partial charge < -0.3 is 14.7 Å². The van der Waals surface area contributed by atoms with E-state index in [0.29, 0.717) is 32.5 Å². The number of amides is 1. The van der Waals surface area contributed by atoms with E-state index in [1.165, 1.54) is 0 Å². The van der Waals surface area contributed by atoms with E-state index in [1.54, 1.807) is 15.8 Å². The molecule has 112 valence electrons. The molecule has 1 N–H and O–H groups in total. The molecule has 20 heavy (non-hydrogen) atoms. The highest BCUT2D eigenvalue weighted by Crippen LogP contribution is 2.25. The van der Waals surface area contributed by atoms with Gasteiger partial charge in [-0.1, -0.05) is 0 Å². The van der Waals surface area contributed by atoms with Crippen molar-refractivity contribution in [2.24, 2.45) is 0 Å². The van der Waals surface area contributed by atoms with Gasteiger partial charge in [0.2, 0.25) is 0 Å². The first-order valence-corrected chi connectivity index (χ1v) is 6.95. The standard InChI is InChI=1S/C14H23N3O3/c1-13(2,3)20-12(18)16-9-5-14(19,6-10-16)11-17-8-4-7-15-17/h4,7-8,19H,5-6,9-11H2,1-3H3. The van der Waals surface area contributed by atoms with E-state index >= 15 is 0 Å². The molecule has 0 bridgehead atoms. The van der Waals surface area contributed by atoms with Crippen LogP contribution in [0.4, 0.5) is 4.79 Å². The van der Waals surface area contributed by atoms with E-state index in [4.69, 9.17) is 4.74 Å². The van der Waals surface area contributed by atoms with Crippen LogP contribution in [0.15, 0.2) is 18.5 Å².